The van der Waals surface area contributed by atoms with Crippen molar-refractivity contribution >= 4 is 28.7 Å². The van der Waals surface area contributed by atoms with Crippen LogP contribution < -0.4 is 18.5 Å². The van der Waals surface area contributed by atoms with Crippen molar-refractivity contribution in [3.05, 3.63) is 47.0 Å². The molecule has 2 aromatic carbocycles. The van der Waals surface area contributed by atoms with Crippen molar-refractivity contribution in [2.24, 2.45) is 0 Å². The first-order chi connectivity index (χ1) is 8.93. The predicted octanol–water partition coefficient (Wildman–Crippen LogP) is 2.42. The molecule has 0 fully saturated rings. The Bertz CT molecular complexity index is 729. The zero-order valence-corrected chi connectivity index (χ0v) is 11.6. The van der Waals surface area contributed by atoms with Gasteiger partial charge < -0.3 is 33.8 Å². The monoisotopic (exact) mass is 311 g/mol. The third kappa shape index (κ3) is 3.35. The van der Waals surface area contributed by atoms with Gasteiger partial charge in [0.15, 0.2) is 0 Å². The van der Waals surface area contributed by atoms with Gasteiger partial charge in [0.25, 0.3) is 0 Å². The molecule has 0 aliphatic heterocycles. The number of carboxylic acid groups (broad SMARTS) is 3. The second kappa shape index (κ2) is 7.69. The SMILES string of the molecule is N.N.N.O=C(O)c1cc2ccccc2c(C(=O)O)c1C(=O)O. The van der Waals surface area contributed by atoms with Gasteiger partial charge in [-0.1, -0.05) is 24.3 Å². The maximum Gasteiger partial charge on any atom is 0.337 e. The van der Waals surface area contributed by atoms with Crippen LogP contribution in [0, 0.1) is 0 Å². The summed E-state index contributed by atoms with van der Waals surface area (Å²) in [4.78, 5) is 33.5. The molecule has 0 atom stereocenters. The molecule has 0 aliphatic rings. The zero-order valence-electron chi connectivity index (χ0n) is 11.6. The quantitative estimate of drug-likeness (QED) is 0.489. The van der Waals surface area contributed by atoms with Crippen molar-refractivity contribution in [2.45, 2.75) is 0 Å². The van der Waals surface area contributed by atoms with E-state index < -0.39 is 34.6 Å². The largest absolute Gasteiger partial charge is 0.478 e. The van der Waals surface area contributed by atoms with Gasteiger partial charge in [0.05, 0.1) is 16.7 Å². The summed E-state index contributed by atoms with van der Waals surface area (Å²) >= 11 is 0. The van der Waals surface area contributed by atoms with Crippen LogP contribution in [0.1, 0.15) is 31.1 Å². The third-order valence-corrected chi connectivity index (χ3v) is 2.71. The molecule has 22 heavy (non-hydrogen) atoms. The number of fused-ring (bicyclic) bond motifs is 1. The van der Waals surface area contributed by atoms with Gasteiger partial charge in [-0.25, -0.2) is 14.4 Å². The number of benzene rings is 2. The first-order valence-electron chi connectivity index (χ1n) is 5.19. The van der Waals surface area contributed by atoms with Crippen molar-refractivity contribution in [3.63, 3.8) is 0 Å². The average molecular weight is 311 g/mol. The topological polar surface area (TPSA) is 217 Å². The number of aromatic carboxylic acids is 3. The minimum absolute atomic E-state index is 0. The van der Waals surface area contributed by atoms with E-state index >= 15 is 0 Å². The summed E-state index contributed by atoms with van der Waals surface area (Å²) in [6.45, 7) is 0. The molecule has 12 N–H and O–H groups in total. The smallest absolute Gasteiger partial charge is 0.337 e. The van der Waals surface area contributed by atoms with Gasteiger partial charge in [-0.05, 0) is 16.8 Å². The number of hydrogen-bond acceptors (Lipinski definition) is 6. The van der Waals surface area contributed by atoms with E-state index in [-0.39, 0.29) is 23.8 Å². The number of carboxylic acids is 3. The lowest BCUT2D eigenvalue weighted by Crippen LogP contribution is -2.15. The van der Waals surface area contributed by atoms with Crippen LogP contribution in [0.5, 0.6) is 0 Å². The summed E-state index contributed by atoms with van der Waals surface area (Å²) in [6.07, 6.45) is 0. The normalized spacial score (nSPS) is 8.91. The highest BCUT2D eigenvalue weighted by atomic mass is 16.4. The summed E-state index contributed by atoms with van der Waals surface area (Å²) in [5.74, 6) is -4.54. The molecule has 2 aromatic rings. The fraction of sp³-hybridized carbons (Fsp3) is 0. The minimum Gasteiger partial charge on any atom is -0.478 e. The Kier molecular flexibility index (Phi) is 7.44. The van der Waals surface area contributed by atoms with Crippen LogP contribution in [0.15, 0.2) is 30.3 Å². The Morgan fingerprint density at radius 1 is 0.727 bits per heavy atom. The molecule has 2 rings (SSSR count). The van der Waals surface area contributed by atoms with Crippen LogP contribution in [0.4, 0.5) is 0 Å². The molecule has 0 spiro atoms. The molecule has 0 aliphatic carbocycles. The standard InChI is InChI=1S/C13H8O6.3H3N/c14-11(15)8-5-6-3-1-2-4-7(6)9(12(16)17)10(8)13(18)19;;;/h1-5H,(H,14,15)(H,16,17)(H,18,19);3*1H3. The first kappa shape index (κ1) is 21.3. The molecular weight excluding hydrogens is 294 g/mol. The van der Waals surface area contributed by atoms with Crippen LogP contribution in [0.2, 0.25) is 0 Å². The van der Waals surface area contributed by atoms with Gasteiger partial charge in [-0.2, -0.15) is 0 Å². The first-order valence-corrected chi connectivity index (χ1v) is 5.19. The van der Waals surface area contributed by atoms with Crippen molar-refractivity contribution < 1.29 is 29.7 Å². The van der Waals surface area contributed by atoms with E-state index in [1.54, 1.807) is 12.1 Å². The molecule has 0 bridgehead atoms. The van der Waals surface area contributed by atoms with E-state index in [4.69, 9.17) is 15.3 Å². The second-order valence-corrected chi connectivity index (χ2v) is 3.81. The maximum absolute atomic E-state index is 11.3. The Balaban J connectivity index is 0. The lowest BCUT2D eigenvalue weighted by Gasteiger charge is -2.09. The predicted molar refractivity (Wildman–Crippen MR) is 79.9 cm³/mol. The summed E-state index contributed by atoms with van der Waals surface area (Å²) in [6, 6.07) is 7.30. The molecule has 9 heteroatoms. The van der Waals surface area contributed by atoms with Crippen molar-refractivity contribution in [1.82, 2.24) is 18.5 Å². The highest BCUT2D eigenvalue weighted by Crippen LogP contribution is 2.26. The fourth-order valence-electron chi connectivity index (χ4n) is 1.96. The third-order valence-electron chi connectivity index (χ3n) is 2.71. The van der Waals surface area contributed by atoms with Gasteiger partial charge in [0.2, 0.25) is 0 Å². The molecule has 9 nitrogen and oxygen atoms in total. The molecule has 0 radical (unpaired) electrons. The van der Waals surface area contributed by atoms with Crippen molar-refractivity contribution in [3.8, 4) is 0 Å². The van der Waals surface area contributed by atoms with E-state index in [1.165, 1.54) is 12.1 Å². The van der Waals surface area contributed by atoms with E-state index in [9.17, 15) is 14.4 Å². The van der Waals surface area contributed by atoms with E-state index in [1.807, 2.05) is 0 Å². The molecule has 0 unspecified atom stereocenters. The molecule has 0 saturated heterocycles. The Morgan fingerprint density at radius 3 is 1.68 bits per heavy atom. The second-order valence-electron chi connectivity index (χ2n) is 3.81. The zero-order chi connectivity index (χ0) is 14.2. The lowest BCUT2D eigenvalue weighted by atomic mass is 9.94. The molecule has 120 valence electrons. The Labute approximate surface area is 124 Å². The Morgan fingerprint density at radius 2 is 1.23 bits per heavy atom. The van der Waals surface area contributed by atoms with E-state index in [0.29, 0.717) is 5.39 Å². The van der Waals surface area contributed by atoms with Crippen LogP contribution in [0.25, 0.3) is 10.8 Å². The summed E-state index contributed by atoms with van der Waals surface area (Å²) in [7, 11) is 0. The van der Waals surface area contributed by atoms with Crippen LogP contribution >= 0.6 is 0 Å². The van der Waals surface area contributed by atoms with Gasteiger partial charge in [0.1, 0.15) is 0 Å². The van der Waals surface area contributed by atoms with Crippen LogP contribution in [-0.2, 0) is 0 Å². The summed E-state index contributed by atoms with van der Waals surface area (Å²) in [5.41, 5.74) is -1.76. The number of rotatable bonds is 3. The number of carbonyl (C=O) groups is 3. The molecular formula is C13H17N3O6. The van der Waals surface area contributed by atoms with Crippen LogP contribution in [-0.4, -0.2) is 33.2 Å². The highest BCUT2D eigenvalue weighted by Gasteiger charge is 2.26. The molecule has 0 aromatic heterocycles. The van der Waals surface area contributed by atoms with E-state index in [2.05, 4.69) is 0 Å². The molecule has 0 amide bonds. The van der Waals surface area contributed by atoms with Gasteiger partial charge in [-0.15, -0.1) is 0 Å². The van der Waals surface area contributed by atoms with Gasteiger partial charge in [-0.3, -0.25) is 0 Å². The number of hydrogen-bond donors (Lipinski definition) is 6. The molecule has 0 saturated carbocycles. The summed E-state index contributed by atoms with van der Waals surface area (Å²) in [5, 5.41) is 27.8. The lowest BCUT2D eigenvalue weighted by molar-refractivity contribution is 0.0634. The maximum atomic E-state index is 11.3. The Hall–Kier alpha value is -3.01. The van der Waals surface area contributed by atoms with E-state index in [0.717, 1.165) is 6.07 Å². The fourth-order valence-corrected chi connectivity index (χ4v) is 1.96. The summed E-state index contributed by atoms with van der Waals surface area (Å²) < 4.78 is 0. The van der Waals surface area contributed by atoms with Gasteiger partial charge in [0, 0.05) is 0 Å². The van der Waals surface area contributed by atoms with Crippen molar-refractivity contribution in [2.75, 3.05) is 0 Å². The highest BCUT2D eigenvalue weighted by molar-refractivity contribution is 6.16. The minimum atomic E-state index is -1.58. The van der Waals surface area contributed by atoms with Crippen LogP contribution in [0.3, 0.4) is 0 Å². The molecule has 0 heterocycles. The van der Waals surface area contributed by atoms with Crippen molar-refractivity contribution in [1.29, 1.82) is 0 Å². The average Bonchev–Trinajstić information content (AvgIpc) is 2.35. The van der Waals surface area contributed by atoms with Gasteiger partial charge >= 0.3 is 17.9 Å².